The predicted octanol–water partition coefficient (Wildman–Crippen LogP) is 3.42. The zero-order valence-corrected chi connectivity index (χ0v) is 10.0. The lowest BCUT2D eigenvalue weighted by molar-refractivity contribution is 0.0632. The Bertz CT molecular complexity index is 511. The molecule has 1 aromatic heterocycles. The molecule has 0 radical (unpaired) electrons. The van der Waals surface area contributed by atoms with Crippen molar-refractivity contribution in [1.29, 1.82) is 0 Å². The van der Waals surface area contributed by atoms with Crippen molar-refractivity contribution in [3.8, 4) is 5.75 Å². The highest BCUT2D eigenvalue weighted by Gasteiger charge is 2.11. The summed E-state index contributed by atoms with van der Waals surface area (Å²) in [7, 11) is 0. The molecule has 0 N–H and O–H groups in total. The van der Waals surface area contributed by atoms with E-state index in [1.165, 1.54) is 12.4 Å². The zero-order chi connectivity index (χ0) is 13.0. The van der Waals surface area contributed by atoms with Gasteiger partial charge in [-0.25, -0.2) is 4.98 Å². The summed E-state index contributed by atoms with van der Waals surface area (Å²) in [6.45, 7) is -0.513. The number of rotatable bonds is 5. The average Bonchev–Trinajstić information content (AvgIpc) is 2.85. The summed E-state index contributed by atoms with van der Waals surface area (Å²) in [5.74, 6) is 0.880. The molecule has 1 heterocycles. The van der Waals surface area contributed by atoms with Crippen molar-refractivity contribution in [2.75, 3.05) is 0 Å². The van der Waals surface area contributed by atoms with Crippen LogP contribution in [0.25, 0.3) is 0 Å². The van der Waals surface area contributed by atoms with E-state index >= 15 is 0 Å². The number of hydrogen-bond acceptors (Lipinski definition) is 2. The third kappa shape index (κ3) is 2.85. The molecule has 0 fully saturated rings. The van der Waals surface area contributed by atoms with Crippen LogP contribution in [0.2, 0.25) is 0 Å². The average molecular weight is 252 g/mol. The summed E-state index contributed by atoms with van der Waals surface area (Å²) in [6.07, 6.45) is 3.49. The van der Waals surface area contributed by atoms with Crippen LogP contribution in [0.3, 0.4) is 0 Å². The Morgan fingerprint density at radius 2 is 2.22 bits per heavy atom. The van der Waals surface area contributed by atoms with Gasteiger partial charge in [0.25, 0.3) is 0 Å². The summed E-state index contributed by atoms with van der Waals surface area (Å²) in [4.78, 5) is 3.85. The number of imidazole rings is 1. The highest BCUT2D eigenvalue weighted by atomic mass is 19.3. The highest BCUT2D eigenvalue weighted by molar-refractivity contribution is 5.28. The summed E-state index contributed by atoms with van der Waals surface area (Å²) < 4.78 is 31.4. The fraction of sp³-hybridized carbons (Fsp3) is 0.308. The van der Waals surface area contributed by atoms with Gasteiger partial charge in [0.2, 0.25) is 0 Å². The van der Waals surface area contributed by atoms with Gasteiger partial charge in [-0.05, 0) is 24.1 Å². The summed E-state index contributed by atoms with van der Waals surface area (Å²) in [6, 6.07) is 7.57. The second-order valence-corrected chi connectivity index (χ2v) is 3.82. The van der Waals surface area contributed by atoms with Gasteiger partial charge in [-0.3, -0.25) is 4.57 Å². The number of alkyl halides is 2. The zero-order valence-electron chi connectivity index (χ0n) is 10.0. The maximum Gasteiger partial charge on any atom is 0.320 e. The predicted molar refractivity (Wildman–Crippen MR) is 63.6 cm³/mol. The number of aryl methyl sites for hydroxylation is 1. The number of halogens is 2. The van der Waals surface area contributed by atoms with Crippen LogP contribution in [0.4, 0.5) is 8.78 Å². The molecule has 0 spiro atoms. The minimum absolute atomic E-state index is 0.0322. The van der Waals surface area contributed by atoms with Crippen molar-refractivity contribution in [2.24, 2.45) is 0 Å². The number of benzene rings is 1. The van der Waals surface area contributed by atoms with Gasteiger partial charge in [0, 0.05) is 12.4 Å². The maximum atomic E-state index is 12.6. The van der Waals surface area contributed by atoms with Crippen LogP contribution < -0.4 is 4.74 Å². The minimum Gasteiger partial charge on any atom is -0.486 e. The number of hydrogen-bond donors (Lipinski definition) is 0. The smallest absolute Gasteiger partial charge is 0.320 e. The second kappa shape index (κ2) is 5.62. The van der Waals surface area contributed by atoms with Gasteiger partial charge in [0.1, 0.15) is 12.4 Å². The van der Waals surface area contributed by atoms with E-state index in [1.54, 1.807) is 6.07 Å². The SMILES string of the molecule is CCc1cccc(OCc2nccn2C(F)F)c1. The molecule has 5 heteroatoms. The normalized spacial score (nSPS) is 10.9. The summed E-state index contributed by atoms with van der Waals surface area (Å²) in [5.41, 5.74) is 1.14. The fourth-order valence-corrected chi connectivity index (χ4v) is 1.64. The molecule has 3 nitrogen and oxygen atoms in total. The van der Waals surface area contributed by atoms with Crippen molar-refractivity contribution >= 4 is 0 Å². The highest BCUT2D eigenvalue weighted by Crippen LogP contribution is 2.17. The van der Waals surface area contributed by atoms with E-state index in [1.807, 2.05) is 25.1 Å². The van der Waals surface area contributed by atoms with Crippen molar-refractivity contribution in [1.82, 2.24) is 9.55 Å². The Labute approximate surface area is 104 Å². The number of aromatic nitrogens is 2. The van der Waals surface area contributed by atoms with Crippen LogP contribution in [0.1, 0.15) is 24.9 Å². The largest absolute Gasteiger partial charge is 0.486 e. The first kappa shape index (κ1) is 12.5. The molecule has 0 aliphatic rings. The van der Waals surface area contributed by atoms with Crippen LogP contribution in [-0.2, 0) is 13.0 Å². The third-order valence-electron chi connectivity index (χ3n) is 2.63. The van der Waals surface area contributed by atoms with Crippen molar-refractivity contribution in [3.63, 3.8) is 0 Å². The van der Waals surface area contributed by atoms with Crippen LogP contribution in [0.15, 0.2) is 36.7 Å². The Morgan fingerprint density at radius 1 is 1.39 bits per heavy atom. The van der Waals surface area contributed by atoms with Crippen LogP contribution >= 0.6 is 0 Å². The number of ether oxygens (including phenoxy) is 1. The van der Waals surface area contributed by atoms with Gasteiger partial charge < -0.3 is 4.74 Å². The lowest BCUT2D eigenvalue weighted by Crippen LogP contribution is -2.07. The molecule has 1 aromatic carbocycles. The Hall–Kier alpha value is -1.91. The van der Waals surface area contributed by atoms with Gasteiger partial charge in [0.15, 0.2) is 5.82 Å². The molecule has 0 unspecified atom stereocenters. The van der Waals surface area contributed by atoms with E-state index in [9.17, 15) is 8.78 Å². The van der Waals surface area contributed by atoms with Crippen molar-refractivity contribution < 1.29 is 13.5 Å². The van der Waals surface area contributed by atoms with E-state index in [-0.39, 0.29) is 12.4 Å². The fourth-order valence-electron chi connectivity index (χ4n) is 1.64. The molecule has 0 aliphatic carbocycles. The van der Waals surface area contributed by atoms with E-state index in [0.29, 0.717) is 5.75 Å². The number of nitrogens with zero attached hydrogens (tertiary/aromatic N) is 2. The van der Waals surface area contributed by atoms with Gasteiger partial charge in [-0.2, -0.15) is 8.78 Å². The summed E-state index contributed by atoms with van der Waals surface area (Å²) >= 11 is 0. The standard InChI is InChI=1S/C13H14F2N2O/c1-2-10-4-3-5-11(8-10)18-9-12-16-6-7-17(12)13(14)15/h3-8,13H,2,9H2,1H3. The Kier molecular flexibility index (Phi) is 3.92. The van der Waals surface area contributed by atoms with Crippen LogP contribution in [0.5, 0.6) is 5.75 Å². The molecule has 96 valence electrons. The topological polar surface area (TPSA) is 27.1 Å². The van der Waals surface area contributed by atoms with E-state index < -0.39 is 6.55 Å². The third-order valence-corrected chi connectivity index (χ3v) is 2.63. The molecular weight excluding hydrogens is 238 g/mol. The van der Waals surface area contributed by atoms with Gasteiger partial charge in [0.05, 0.1) is 0 Å². The maximum absolute atomic E-state index is 12.6. The Morgan fingerprint density at radius 3 is 2.94 bits per heavy atom. The first-order valence-electron chi connectivity index (χ1n) is 5.72. The molecule has 2 rings (SSSR count). The molecule has 2 aromatic rings. The van der Waals surface area contributed by atoms with E-state index in [2.05, 4.69) is 4.98 Å². The molecule has 18 heavy (non-hydrogen) atoms. The minimum atomic E-state index is -2.59. The van der Waals surface area contributed by atoms with Crippen LogP contribution in [0, 0.1) is 0 Å². The van der Waals surface area contributed by atoms with Gasteiger partial charge in [-0.1, -0.05) is 19.1 Å². The molecular formula is C13H14F2N2O. The Balaban J connectivity index is 2.04. The van der Waals surface area contributed by atoms with Crippen molar-refractivity contribution in [2.45, 2.75) is 26.5 Å². The van der Waals surface area contributed by atoms with Gasteiger partial charge >= 0.3 is 6.55 Å². The monoisotopic (exact) mass is 252 g/mol. The second-order valence-electron chi connectivity index (χ2n) is 3.82. The molecule has 0 amide bonds. The molecule has 0 atom stereocenters. The molecule has 0 saturated carbocycles. The quantitative estimate of drug-likeness (QED) is 0.815. The van der Waals surface area contributed by atoms with Crippen LogP contribution in [-0.4, -0.2) is 9.55 Å². The molecule has 0 bridgehead atoms. The molecule has 0 saturated heterocycles. The first-order chi connectivity index (χ1) is 8.70. The van der Waals surface area contributed by atoms with E-state index in [4.69, 9.17) is 4.74 Å². The lowest BCUT2D eigenvalue weighted by atomic mass is 10.2. The molecule has 0 aliphatic heterocycles. The van der Waals surface area contributed by atoms with Crippen molar-refractivity contribution in [3.05, 3.63) is 48.0 Å². The van der Waals surface area contributed by atoms with Gasteiger partial charge in [-0.15, -0.1) is 0 Å². The lowest BCUT2D eigenvalue weighted by Gasteiger charge is -2.09. The van der Waals surface area contributed by atoms with E-state index in [0.717, 1.165) is 16.6 Å². The first-order valence-corrected chi connectivity index (χ1v) is 5.72. The summed E-state index contributed by atoms with van der Waals surface area (Å²) in [5, 5.41) is 0.